The van der Waals surface area contributed by atoms with Gasteiger partial charge in [-0.05, 0) is 53.9 Å². The molecule has 36 heavy (non-hydrogen) atoms. The van der Waals surface area contributed by atoms with E-state index in [4.69, 9.17) is 0 Å². The lowest BCUT2D eigenvalue weighted by Gasteiger charge is -2.29. The number of hydrogen-bond donors (Lipinski definition) is 0. The molecule has 0 saturated carbocycles. The summed E-state index contributed by atoms with van der Waals surface area (Å²) < 4.78 is 14.6. The second-order valence-electron chi connectivity index (χ2n) is 9.01. The number of anilines is 1. The van der Waals surface area contributed by atoms with Crippen molar-refractivity contribution in [3.8, 4) is 0 Å². The number of benzene rings is 4. The molecule has 0 bridgehead atoms. The van der Waals surface area contributed by atoms with Crippen LogP contribution in [0.15, 0.2) is 101 Å². The summed E-state index contributed by atoms with van der Waals surface area (Å²) >= 11 is 1.49. The standard InChI is InChI=1S/C30H23FN2O2S/c31-25-11-5-3-9-23(25)19-33-26-17-21(29(34)32-16-15-20-7-1-2-8-22(20)18-32)13-14-28(26)36-27-12-6-4-10-24(27)30(33)35/h1-14,17H,15-16,18-19H2. The summed E-state index contributed by atoms with van der Waals surface area (Å²) in [4.78, 5) is 32.4. The molecule has 2 aliphatic rings. The van der Waals surface area contributed by atoms with E-state index in [9.17, 15) is 14.0 Å². The third kappa shape index (κ3) is 4.07. The van der Waals surface area contributed by atoms with Crippen molar-refractivity contribution in [2.24, 2.45) is 0 Å². The van der Waals surface area contributed by atoms with Crippen LogP contribution in [0.4, 0.5) is 10.1 Å². The van der Waals surface area contributed by atoms with Gasteiger partial charge in [-0.15, -0.1) is 0 Å². The molecule has 4 nitrogen and oxygen atoms in total. The Morgan fingerprint density at radius 2 is 1.61 bits per heavy atom. The van der Waals surface area contributed by atoms with Gasteiger partial charge < -0.3 is 9.80 Å². The van der Waals surface area contributed by atoms with Crippen LogP contribution in [0.5, 0.6) is 0 Å². The Labute approximate surface area is 213 Å². The maximum absolute atomic E-state index is 14.6. The highest BCUT2D eigenvalue weighted by molar-refractivity contribution is 7.99. The third-order valence-corrected chi connectivity index (χ3v) is 7.92. The van der Waals surface area contributed by atoms with E-state index in [1.54, 1.807) is 35.2 Å². The molecule has 0 saturated heterocycles. The average Bonchev–Trinajstić information content (AvgIpc) is 3.03. The average molecular weight is 495 g/mol. The van der Waals surface area contributed by atoms with Gasteiger partial charge in [0.25, 0.3) is 11.8 Å². The Hall–Kier alpha value is -3.90. The number of rotatable bonds is 3. The van der Waals surface area contributed by atoms with Crippen LogP contribution in [0.2, 0.25) is 0 Å². The van der Waals surface area contributed by atoms with E-state index in [0.29, 0.717) is 35.5 Å². The quantitative estimate of drug-likeness (QED) is 0.334. The molecule has 0 fully saturated rings. The lowest BCUT2D eigenvalue weighted by Crippen LogP contribution is -2.36. The van der Waals surface area contributed by atoms with Crippen LogP contribution in [0, 0.1) is 5.82 Å². The van der Waals surface area contributed by atoms with E-state index < -0.39 is 0 Å². The molecule has 0 N–H and O–H groups in total. The second kappa shape index (κ2) is 9.28. The smallest absolute Gasteiger partial charge is 0.259 e. The van der Waals surface area contributed by atoms with Crippen molar-refractivity contribution in [1.29, 1.82) is 0 Å². The van der Waals surface area contributed by atoms with Crippen LogP contribution >= 0.6 is 11.8 Å². The summed E-state index contributed by atoms with van der Waals surface area (Å²) in [5.41, 5.74) is 4.56. The van der Waals surface area contributed by atoms with Crippen molar-refractivity contribution in [2.45, 2.75) is 29.3 Å². The van der Waals surface area contributed by atoms with Crippen LogP contribution in [-0.4, -0.2) is 23.3 Å². The van der Waals surface area contributed by atoms with Crippen LogP contribution < -0.4 is 4.90 Å². The lowest BCUT2D eigenvalue weighted by molar-refractivity contribution is 0.0734. The van der Waals surface area contributed by atoms with E-state index in [-0.39, 0.29) is 24.2 Å². The topological polar surface area (TPSA) is 40.6 Å². The normalized spacial score (nSPS) is 14.5. The summed E-state index contributed by atoms with van der Waals surface area (Å²) in [5, 5.41) is 0. The second-order valence-corrected chi connectivity index (χ2v) is 10.1. The first-order chi connectivity index (χ1) is 17.6. The molecule has 2 amide bonds. The van der Waals surface area contributed by atoms with E-state index in [1.807, 2.05) is 47.4 Å². The summed E-state index contributed by atoms with van der Waals surface area (Å²) in [6.07, 6.45) is 0.815. The van der Waals surface area contributed by atoms with E-state index in [1.165, 1.54) is 23.4 Å². The Kier molecular flexibility index (Phi) is 5.82. The maximum Gasteiger partial charge on any atom is 0.259 e. The van der Waals surface area contributed by atoms with Crippen LogP contribution in [0.25, 0.3) is 0 Å². The molecule has 178 valence electrons. The van der Waals surface area contributed by atoms with Crippen molar-refractivity contribution in [2.75, 3.05) is 11.4 Å². The third-order valence-electron chi connectivity index (χ3n) is 6.78. The van der Waals surface area contributed by atoms with Gasteiger partial charge in [0.05, 0.1) is 17.8 Å². The van der Waals surface area contributed by atoms with Gasteiger partial charge in [-0.3, -0.25) is 9.59 Å². The van der Waals surface area contributed by atoms with Crippen molar-refractivity contribution in [3.05, 3.63) is 125 Å². The predicted octanol–water partition coefficient (Wildman–Crippen LogP) is 6.34. The van der Waals surface area contributed by atoms with Gasteiger partial charge in [-0.1, -0.05) is 66.4 Å². The summed E-state index contributed by atoms with van der Waals surface area (Å²) in [6, 6.07) is 27.6. The number of halogens is 1. The van der Waals surface area contributed by atoms with Gasteiger partial charge in [0, 0.05) is 34.0 Å². The number of amides is 2. The van der Waals surface area contributed by atoms with Gasteiger partial charge in [-0.2, -0.15) is 0 Å². The first-order valence-corrected chi connectivity index (χ1v) is 12.7. The van der Waals surface area contributed by atoms with Crippen molar-refractivity contribution < 1.29 is 14.0 Å². The predicted molar refractivity (Wildman–Crippen MR) is 139 cm³/mol. The molecule has 6 rings (SSSR count). The minimum Gasteiger partial charge on any atom is -0.334 e. The van der Waals surface area contributed by atoms with Crippen molar-refractivity contribution >= 4 is 29.3 Å². The van der Waals surface area contributed by atoms with Gasteiger partial charge in [0.1, 0.15) is 5.82 Å². The Morgan fingerprint density at radius 1 is 0.861 bits per heavy atom. The van der Waals surface area contributed by atoms with Crippen molar-refractivity contribution in [1.82, 2.24) is 4.90 Å². The molecule has 4 aromatic carbocycles. The van der Waals surface area contributed by atoms with Crippen molar-refractivity contribution in [3.63, 3.8) is 0 Å². The zero-order valence-electron chi connectivity index (χ0n) is 19.5. The van der Waals surface area contributed by atoms with Gasteiger partial charge in [0.15, 0.2) is 0 Å². The number of fused-ring (bicyclic) bond motifs is 3. The van der Waals surface area contributed by atoms with E-state index in [2.05, 4.69) is 12.1 Å². The highest BCUT2D eigenvalue weighted by Gasteiger charge is 2.30. The number of hydrogen-bond acceptors (Lipinski definition) is 3. The minimum atomic E-state index is -0.365. The van der Waals surface area contributed by atoms with Crippen LogP contribution in [0.3, 0.4) is 0 Å². The fourth-order valence-corrected chi connectivity index (χ4v) is 5.92. The first-order valence-electron chi connectivity index (χ1n) is 11.9. The molecule has 0 aromatic heterocycles. The first kappa shape index (κ1) is 22.6. The summed E-state index contributed by atoms with van der Waals surface area (Å²) in [7, 11) is 0. The fraction of sp³-hybridized carbons (Fsp3) is 0.133. The SMILES string of the molecule is O=C(c1ccc2c(c1)N(Cc1ccccc1F)C(=O)c1ccccc1S2)N1CCc2ccccc2C1. The molecule has 0 atom stereocenters. The summed E-state index contributed by atoms with van der Waals surface area (Å²) in [6.45, 7) is 1.28. The van der Waals surface area contributed by atoms with Gasteiger partial charge in [0.2, 0.25) is 0 Å². The summed E-state index contributed by atoms with van der Waals surface area (Å²) in [5.74, 6) is -0.648. The molecule has 0 spiro atoms. The molecule has 0 unspecified atom stereocenters. The Bertz CT molecular complexity index is 1500. The van der Waals surface area contributed by atoms with Crippen LogP contribution in [-0.2, 0) is 19.5 Å². The largest absolute Gasteiger partial charge is 0.334 e. The molecule has 4 aromatic rings. The van der Waals surface area contributed by atoms with Gasteiger partial charge in [-0.25, -0.2) is 4.39 Å². The zero-order valence-corrected chi connectivity index (χ0v) is 20.3. The molecule has 2 heterocycles. The maximum atomic E-state index is 14.6. The highest BCUT2D eigenvalue weighted by Crippen LogP contribution is 2.42. The van der Waals surface area contributed by atoms with E-state index in [0.717, 1.165) is 21.8 Å². The Balaban J connectivity index is 1.39. The zero-order chi connectivity index (χ0) is 24.6. The van der Waals surface area contributed by atoms with Gasteiger partial charge >= 0.3 is 0 Å². The lowest BCUT2D eigenvalue weighted by atomic mass is 9.99. The molecular weight excluding hydrogens is 471 g/mol. The highest BCUT2D eigenvalue weighted by atomic mass is 32.2. The minimum absolute atomic E-state index is 0.0716. The van der Waals surface area contributed by atoms with E-state index >= 15 is 0 Å². The number of carbonyl (C=O) groups is 2. The number of carbonyl (C=O) groups excluding carboxylic acids is 2. The molecule has 2 aliphatic heterocycles. The molecule has 0 aliphatic carbocycles. The number of nitrogens with zero attached hydrogens (tertiary/aromatic N) is 2. The van der Waals surface area contributed by atoms with Crippen LogP contribution in [0.1, 0.15) is 37.4 Å². The molecular formula is C30H23FN2O2S. The molecule has 0 radical (unpaired) electrons. The monoisotopic (exact) mass is 494 g/mol. The fourth-order valence-electron chi connectivity index (χ4n) is 4.86. The Morgan fingerprint density at radius 3 is 2.47 bits per heavy atom. The molecule has 6 heteroatoms.